The van der Waals surface area contributed by atoms with Gasteiger partial charge in [-0.2, -0.15) is 0 Å². The molecule has 1 amide bonds. The molecular formula is C29H34N2O2. The maximum absolute atomic E-state index is 13.6. The van der Waals surface area contributed by atoms with E-state index >= 15 is 0 Å². The Bertz CT molecular complexity index is 1040. The molecule has 3 aromatic rings. The van der Waals surface area contributed by atoms with Crippen molar-refractivity contribution in [1.82, 2.24) is 4.90 Å². The second kappa shape index (κ2) is 10.7. The van der Waals surface area contributed by atoms with Crippen LogP contribution in [0.1, 0.15) is 54.1 Å². The van der Waals surface area contributed by atoms with Crippen molar-refractivity contribution >= 4 is 11.6 Å². The van der Waals surface area contributed by atoms with E-state index in [0.717, 1.165) is 43.9 Å². The molecule has 0 N–H and O–H groups in total. The van der Waals surface area contributed by atoms with Gasteiger partial charge in [0, 0.05) is 43.0 Å². The smallest absolute Gasteiger partial charge is 0.258 e. The van der Waals surface area contributed by atoms with Crippen LogP contribution in [0.25, 0.3) is 0 Å². The van der Waals surface area contributed by atoms with Crippen molar-refractivity contribution in [3.8, 4) is 5.75 Å². The highest BCUT2D eigenvalue weighted by molar-refractivity contribution is 6.06. The van der Waals surface area contributed by atoms with Crippen molar-refractivity contribution in [2.75, 3.05) is 25.1 Å². The fourth-order valence-electron chi connectivity index (χ4n) is 4.58. The lowest BCUT2D eigenvalue weighted by Crippen LogP contribution is -2.47. The first-order valence-electron chi connectivity index (χ1n) is 11.9. The zero-order valence-corrected chi connectivity index (χ0v) is 19.9. The number of ether oxygens (including phenoxy) is 1. The molecule has 4 nitrogen and oxygen atoms in total. The van der Waals surface area contributed by atoms with Crippen molar-refractivity contribution < 1.29 is 9.53 Å². The second-order valence-electron chi connectivity index (χ2n) is 9.15. The lowest BCUT2D eigenvalue weighted by atomic mass is 9.99. The Morgan fingerprint density at radius 1 is 0.970 bits per heavy atom. The van der Waals surface area contributed by atoms with Gasteiger partial charge in [-0.05, 0) is 54.2 Å². The van der Waals surface area contributed by atoms with E-state index in [2.05, 4.69) is 43.0 Å². The molecule has 0 saturated carbocycles. The van der Waals surface area contributed by atoms with Crippen LogP contribution in [-0.4, -0.2) is 37.0 Å². The van der Waals surface area contributed by atoms with E-state index in [4.69, 9.17) is 4.74 Å². The molecule has 0 unspecified atom stereocenters. The first-order chi connectivity index (χ1) is 16.0. The summed E-state index contributed by atoms with van der Waals surface area (Å²) >= 11 is 0. The molecule has 4 heteroatoms. The normalized spacial score (nSPS) is 14.9. The minimum absolute atomic E-state index is 0.0478. The molecule has 33 heavy (non-hydrogen) atoms. The molecule has 0 aromatic heterocycles. The first-order valence-corrected chi connectivity index (χ1v) is 11.9. The van der Waals surface area contributed by atoms with Gasteiger partial charge in [-0.25, -0.2) is 0 Å². The molecule has 172 valence electrons. The van der Waals surface area contributed by atoms with Crippen LogP contribution in [0.3, 0.4) is 0 Å². The number of likely N-dealkylation sites (tertiary alicyclic amines) is 1. The van der Waals surface area contributed by atoms with Gasteiger partial charge in [0.2, 0.25) is 0 Å². The summed E-state index contributed by atoms with van der Waals surface area (Å²) < 4.78 is 5.44. The molecule has 1 aliphatic rings. The standard InChI is InChI=1S/C29H34N2O2/c1-22(2)24-14-12-23(13-15-24)21-30-18-16-26(17-19-30)31(27-10-7-11-28(20-27)33-3)29(32)25-8-5-4-6-9-25/h4-15,20,22,26H,16-19,21H2,1-3H3. The molecule has 0 aliphatic carbocycles. The Kier molecular flexibility index (Phi) is 7.46. The predicted octanol–water partition coefficient (Wildman–Crippen LogP) is 6.13. The van der Waals surface area contributed by atoms with Gasteiger partial charge in [0.05, 0.1) is 7.11 Å². The number of hydrogen-bond donors (Lipinski definition) is 0. The van der Waals surface area contributed by atoms with Crippen LogP contribution in [0.4, 0.5) is 5.69 Å². The Balaban J connectivity index is 1.48. The summed E-state index contributed by atoms with van der Waals surface area (Å²) in [6, 6.07) is 26.6. The lowest BCUT2D eigenvalue weighted by molar-refractivity contribution is 0.0958. The van der Waals surface area contributed by atoms with Crippen molar-refractivity contribution in [3.05, 3.63) is 95.6 Å². The van der Waals surface area contributed by atoms with Gasteiger partial charge in [0.1, 0.15) is 5.75 Å². The number of carbonyl (C=O) groups excluding carboxylic acids is 1. The molecule has 3 aromatic carbocycles. The fraction of sp³-hybridized carbons (Fsp3) is 0.345. The van der Waals surface area contributed by atoms with Gasteiger partial charge >= 0.3 is 0 Å². The molecule has 1 heterocycles. The number of piperidine rings is 1. The Morgan fingerprint density at radius 2 is 1.67 bits per heavy atom. The van der Waals surface area contributed by atoms with Crippen LogP contribution >= 0.6 is 0 Å². The highest BCUT2D eigenvalue weighted by Gasteiger charge is 2.30. The van der Waals surface area contributed by atoms with E-state index in [-0.39, 0.29) is 11.9 Å². The van der Waals surface area contributed by atoms with Gasteiger partial charge in [0.15, 0.2) is 0 Å². The average Bonchev–Trinajstić information content (AvgIpc) is 2.86. The van der Waals surface area contributed by atoms with E-state index < -0.39 is 0 Å². The first kappa shape index (κ1) is 23.1. The topological polar surface area (TPSA) is 32.8 Å². The van der Waals surface area contributed by atoms with E-state index in [1.807, 2.05) is 59.5 Å². The van der Waals surface area contributed by atoms with Gasteiger partial charge < -0.3 is 9.64 Å². The van der Waals surface area contributed by atoms with Gasteiger partial charge in [-0.3, -0.25) is 9.69 Å². The molecule has 0 bridgehead atoms. The molecule has 4 rings (SSSR count). The monoisotopic (exact) mass is 442 g/mol. The van der Waals surface area contributed by atoms with Crippen LogP contribution in [0.2, 0.25) is 0 Å². The van der Waals surface area contributed by atoms with Gasteiger partial charge in [-0.15, -0.1) is 0 Å². The minimum Gasteiger partial charge on any atom is -0.497 e. The van der Waals surface area contributed by atoms with Crippen LogP contribution < -0.4 is 9.64 Å². The van der Waals surface area contributed by atoms with Crippen LogP contribution in [0, 0.1) is 0 Å². The zero-order chi connectivity index (χ0) is 23.2. The molecule has 1 saturated heterocycles. The Labute approximate surface area is 197 Å². The number of carbonyl (C=O) groups is 1. The quantitative estimate of drug-likeness (QED) is 0.441. The summed E-state index contributed by atoms with van der Waals surface area (Å²) in [7, 11) is 1.66. The Hall–Kier alpha value is -3.11. The number of methoxy groups -OCH3 is 1. The molecule has 0 spiro atoms. The van der Waals surface area contributed by atoms with E-state index in [1.165, 1.54) is 11.1 Å². The van der Waals surface area contributed by atoms with Crippen LogP contribution in [0.15, 0.2) is 78.9 Å². The number of nitrogens with zero attached hydrogens (tertiary/aromatic N) is 2. The van der Waals surface area contributed by atoms with Crippen molar-refractivity contribution in [1.29, 1.82) is 0 Å². The van der Waals surface area contributed by atoms with Crippen LogP contribution in [-0.2, 0) is 6.54 Å². The van der Waals surface area contributed by atoms with E-state index in [1.54, 1.807) is 7.11 Å². The SMILES string of the molecule is COc1cccc(N(C(=O)c2ccccc2)C2CCN(Cc3ccc(C(C)C)cc3)CC2)c1. The summed E-state index contributed by atoms with van der Waals surface area (Å²) in [6.07, 6.45) is 1.89. The molecular weight excluding hydrogens is 408 g/mol. The van der Waals surface area contributed by atoms with Crippen molar-refractivity contribution in [2.45, 2.75) is 45.2 Å². The third kappa shape index (κ3) is 5.63. The maximum Gasteiger partial charge on any atom is 0.258 e. The fourth-order valence-corrected chi connectivity index (χ4v) is 4.58. The summed E-state index contributed by atoms with van der Waals surface area (Å²) in [5.41, 5.74) is 4.34. The lowest BCUT2D eigenvalue weighted by Gasteiger charge is -2.38. The van der Waals surface area contributed by atoms with Crippen molar-refractivity contribution in [3.63, 3.8) is 0 Å². The number of amides is 1. The third-order valence-electron chi connectivity index (χ3n) is 6.55. The largest absolute Gasteiger partial charge is 0.497 e. The summed E-state index contributed by atoms with van der Waals surface area (Å²) in [5, 5.41) is 0. The second-order valence-corrected chi connectivity index (χ2v) is 9.15. The number of rotatable bonds is 7. The highest BCUT2D eigenvalue weighted by atomic mass is 16.5. The molecule has 0 atom stereocenters. The molecule has 0 radical (unpaired) electrons. The average molecular weight is 443 g/mol. The third-order valence-corrected chi connectivity index (χ3v) is 6.55. The van der Waals surface area contributed by atoms with E-state index in [9.17, 15) is 4.79 Å². The van der Waals surface area contributed by atoms with Crippen LogP contribution in [0.5, 0.6) is 5.75 Å². The Morgan fingerprint density at radius 3 is 2.30 bits per heavy atom. The highest BCUT2D eigenvalue weighted by Crippen LogP contribution is 2.29. The molecule has 1 fully saturated rings. The number of benzene rings is 3. The summed E-state index contributed by atoms with van der Waals surface area (Å²) in [6.45, 7) is 7.35. The van der Waals surface area contributed by atoms with Gasteiger partial charge in [-0.1, -0.05) is 62.4 Å². The number of hydrogen-bond acceptors (Lipinski definition) is 3. The van der Waals surface area contributed by atoms with Gasteiger partial charge in [0.25, 0.3) is 5.91 Å². The summed E-state index contributed by atoms with van der Waals surface area (Å²) in [5.74, 6) is 1.37. The zero-order valence-electron chi connectivity index (χ0n) is 19.9. The predicted molar refractivity (Wildman–Crippen MR) is 135 cm³/mol. The van der Waals surface area contributed by atoms with E-state index in [0.29, 0.717) is 11.5 Å². The maximum atomic E-state index is 13.6. The van der Waals surface area contributed by atoms with Crippen molar-refractivity contribution in [2.24, 2.45) is 0 Å². The molecule has 1 aliphatic heterocycles. The minimum atomic E-state index is 0.0478. The number of anilines is 1. The summed E-state index contributed by atoms with van der Waals surface area (Å²) in [4.78, 5) is 18.1.